The van der Waals surface area contributed by atoms with Gasteiger partial charge in [-0.3, -0.25) is 14.5 Å². The molecule has 0 aromatic rings. The molecular formula is C12H23N3O4. The van der Waals surface area contributed by atoms with Gasteiger partial charge in [-0.2, -0.15) is 0 Å². The predicted molar refractivity (Wildman–Crippen MR) is 69.2 cm³/mol. The molecule has 1 aliphatic rings. The standard InChI is InChI=1S/C12H23N3O4/c1-9(16)18-7-3-11-12(13)15(5-4-14-11)6-8-19-10(2)17/h11-12,14H,3-8,13H2,1-2H3. The normalized spacial score (nSPS) is 23.9. The van der Waals surface area contributed by atoms with Crippen LogP contribution in [0.2, 0.25) is 0 Å². The Morgan fingerprint density at radius 3 is 2.53 bits per heavy atom. The van der Waals surface area contributed by atoms with Crippen molar-refractivity contribution < 1.29 is 19.1 Å². The summed E-state index contributed by atoms with van der Waals surface area (Å²) in [6.07, 6.45) is 0.505. The fraction of sp³-hybridized carbons (Fsp3) is 0.833. The second-order valence-electron chi connectivity index (χ2n) is 4.56. The van der Waals surface area contributed by atoms with Gasteiger partial charge < -0.3 is 20.5 Å². The maximum absolute atomic E-state index is 10.7. The first-order chi connectivity index (χ1) is 9.00. The van der Waals surface area contributed by atoms with Crippen molar-refractivity contribution in [3.63, 3.8) is 0 Å². The van der Waals surface area contributed by atoms with Gasteiger partial charge in [0.25, 0.3) is 0 Å². The van der Waals surface area contributed by atoms with Gasteiger partial charge in [0.1, 0.15) is 6.61 Å². The monoisotopic (exact) mass is 273 g/mol. The molecular weight excluding hydrogens is 250 g/mol. The summed E-state index contributed by atoms with van der Waals surface area (Å²) in [6, 6.07) is 0.0745. The summed E-state index contributed by atoms with van der Waals surface area (Å²) in [7, 11) is 0. The number of ether oxygens (including phenoxy) is 2. The number of esters is 2. The largest absolute Gasteiger partial charge is 0.466 e. The molecule has 1 saturated heterocycles. The first kappa shape index (κ1) is 15.9. The molecule has 1 heterocycles. The lowest BCUT2D eigenvalue weighted by Crippen LogP contribution is -2.62. The summed E-state index contributed by atoms with van der Waals surface area (Å²) in [5.41, 5.74) is 6.14. The molecule has 0 aromatic heterocycles. The Balaban J connectivity index is 2.31. The number of carbonyl (C=O) groups is 2. The molecule has 1 aliphatic heterocycles. The highest BCUT2D eigenvalue weighted by atomic mass is 16.5. The Labute approximate surface area is 113 Å². The molecule has 1 rings (SSSR count). The fourth-order valence-electron chi connectivity index (χ4n) is 2.09. The van der Waals surface area contributed by atoms with Gasteiger partial charge in [-0.15, -0.1) is 0 Å². The highest BCUT2D eigenvalue weighted by Gasteiger charge is 2.27. The lowest BCUT2D eigenvalue weighted by molar-refractivity contribution is -0.141. The summed E-state index contributed by atoms with van der Waals surface area (Å²) in [4.78, 5) is 23.5. The molecule has 0 spiro atoms. The van der Waals surface area contributed by atoms with Gasteiger partial charge in [0.05, 0.1) is 12.8 Å². The van der Waals surface area contributed by atoms with E-state index in [1.807, 2.05) is 0 Å². The second kappa shape index (κ2) is 8.08. The van der Waals surface area contributed by atoms with E-state index in [2.05, 4.69) is 10.2 Å². The Kier molecular flexibility index (Phi) is 6.75. The molecule has 0 amide bonds. The highest BCUT2D eigenvalue weighted by Crippen LogP contribution is 2.08. The molecule has 19 heavy (non-hydrogen) atoms. The maximum Gasteiger partial charge on any atom is 0.302 e. The van der Waals surface area contributed by atoms with E-state index in [0.29, 0.717) is 26.2 Å². The zero-order valence-corrected chi connectivity index (χ0v) is 11.6. The van der Waals surface area contributed by atoms with Crippen LogP contribution < -0.4 is 11.1 Å². The van der Waals surface area contributed by atoms with Crippen molar-refractivity contribution in [1.29, 1.82) is 0 Å². The molecule has 2 atom stereocenters. The van der Waals surface area contributed by atoms with Crippen LogP contribution in [-0.2, 0) is 19.1 Å². The predicted octanol–water partition coefficient (Wildman–Crippen LogP) is -0.939. The van der Waals surface area contributed by atoms with Gasteiger partial charge >= 0.3 is 11.9 Å². The van der Waals surface area contributed by atoms with Crippen LogP contribution in [0.5, 0.6) is 0 Å². The summed E-state index contributed by atoms with van der Waals surface area (Å²) in [5.74, 6) is -0.564. The zero-order chi connectivity index (χ0) is 14.3. The average Bonchev–Trinajstić information content (AvgIpc) is 2.32. The minimum Gasteiger partial charge on any atom is -0.466 e. The van der Waals surface area contributed by atoms with Crippen LogP contribution in [0.25, 0.3) is 0 Å². The molecule has 7 heteroatoms. The summed E-state index contributed by atoms with van der Waals surface area (Å²) < 4.78 is 9.83. The van der Waals surface area contributed by atoms with Crippen LogP contribution in [0.3, 0.4) is 0 Å². The van der Waals surface area contributed by atoms with Crippen LogP contribution in [-0.4, -0.2) is 61.9 Å². The lowest BCUT2D eigenvalue weighted by atomic mass is 10.1. The van der Waals surface area contributed by atoms with E-state index in [-0.39, 0.29) is 24.1 Å². The summed E-state index contributed by atoms with van der Waals surface area (Å²) in [6.45, 7) is 5.73. The summed E-state index contributed by atoms with van der Waals surface area (Å²) >= 11 is 0. The van der Waals surface area contributed by atoms with Gasteiger partial charge in [-0.1, -0.05) is 0 Å². The van der Waals surface area contributed by atoms with Gasteiger partial charge in [0, 0.05) is 39.5 Å². The van der Waals surface area contributed by atoms with E-state index in [0.717, 1.165) is 13.1 Å². The van der Waals surface area contributed by atoms with Crippen molar-refractivity contribution in [3.05, 3.63) is 0 Å². The van der Waals surface area contributed by atoms with Crippen molar-refractivity contribution in [2.24, 2.45) is 5.73 Å². The van der Waals surface area contributed by atoms with Crippen molar-refractivity contribution >= 4 is 11.9 Å². The van der Waals surface area contributed by atoms with E-state index in [9.17, 15) is 9.59 Å². The molecule has 0 bridgehead atoms. The highest BCUT2D eigenvalue weighted by molar-refractivity contribution is 5.66. The van der Waals surface area contributed by atoms with Gasteiger partial charge in [0.15, 0.2) is 0 Å². The minimum atomic E-state index is -0.282. The van der Waals surface area contributed by atoms with Gasteiger partial charge in [-0.25, -0.2) is 0 Å². The quantitative estimate of drug-likeness (QED) is 0.603. The molecule has 0 aliphatic carbocycles. The van der Waals surface area contributed by atoms with E-state index in [4.69, 9.17) is 15.2 Å². The molecule has 7 nitrogen and oxygen atoms in total. The Morgan fingerprint density at radius 1 is 1.26 bits per heavy atom. The number of nitrogens with zero attached hydrogens (tertiary/aromatic N) is 1. The van der Waals surface area contributed by atoms with Crippen molar-refractivity contribution in [2.75, 3.05) is 32.8 Å². The minimum absolute atomic E-state index is 0.0745. The zero-order valence-electron chi connectivity index (χ0n) is 11.6. The molecule has 2 unspecified atom stereocenters. The van der Waals surface area contributed by atoms with Crippen molar-refractivity contribution in [2.45, 2.75) is 32.5 Å². The molecule has 110 valence electrons. The van der Waals surface area contributed by atoms with Crippen LogP contribution in [0.4, 0.5) is 0 Å². The van der Waals surface area contributed by atoms with Crippen LogP contribution in [0.15, 0.2) is 0 Å². The number of rotatable bonds is 6. The third kappa shape index (κ3) is 6.00. The Morgan fingerprint density at radius 2 is 1.89 bits per heavy atom. The molecule has 3 N–H and O–H groups in total. The Bertz CT molecular complexity index is 283. The smallest absolute Gasteiger partial charge is 0.302 e. The van der Waals surface area contributed by atoms with E-state index in [1.54, 1.807) is 0 Å². The SMILES string of the molecule is CC(=O)OCCC1NCCN(CCOC(C)=O)C1N. The number of nitrogens with two attached hydrogens (primary N) is 1. The van der Waals surface area contributed by atoms with Crippen molar-refractivity contribution in [1.82, 2.24) is 10.2 Å². The van der Waals surface area contributed by atoms with E-state index < -0.39 is 0 Å². The third-order valence-electron chi connectivity index (χ3n) is 3.06. The first-order valence-corrected chi connectivity index (χ1v) is 6.50. The van der Waals surface area contributed by atoms with Crippen LogP contribution in [0, 0.1) is 0 Å². The third-order valence-corrected chi connectivity index (χ3v) is 3.06. The Hall–Kier alpha value is -1.18. The number of piperazine rings is 1. The molecule has 1 fully saturated rings. The fourth-order valence-corrected chi connectivity index (χ4v) is 2.09. The maximum atomic E-state index is 10.7. The van der Waals surface area contributed by atoms with Crippen LogP contribution in [0.1, 0.15) is 20.3 Å². The second-order valence-corrected chi connectivity index (χ2v) is 4.56. The van der Waals surface area contributed by atoms with Crippen LogP contribution >= 0.6 is 0 Å². The van der Waals surface area contributed by atoms with Gasteiger partial charge in [0.2, 0.25) is 0 Å². The lowest BCUT2D eigenvalue weighted by Gasteiger charge is -2.39. The topological polar surface area (TPSA) is 93.9 Å². The molecule has 0 aromatic carbocycles. The van der Waals surface area contributed by atoms with E-state index >= 15 is 0 Å². The van der Waals surface area contributed by atoms with Gasteiger partial charge in [-0.05, 0) is 6.42 Å². The number of carbonyl (C=O) groups excluding carboxylic acids is 2. The van der Waals surface area contributed by atoms with E-state index in [1.165, 1.54) is 13.8 Å². The molecule has 0 radical (unpaired) electrons. The number of hydrogen-bond donors (Lipinski definition) is 2. The number of hydrogen-bond acceptors (Lipinski definition) is 7. The number of nitrogens with one attached hydrogen (secondary N) is 1. The average molecular weight is 273 g/mol. The van der Waals surface area contributed by atoms with Crippen molar-refractivity contribution in [3.8, 4) is 0 Å². The first-order valence-electron chi connectivity index (χ1n) is 6.50. The summed E-state index contributed by atoms with van der Waals surface area (Å²) in [5, 5.41) is 3.31. The molecule has 0 saturated carbocycles.